The highest BCUT2D eigenvalue weighted by Gasteiger charge is 2.15. The summed E-state index contributed by atoms with van der Waals surface area (Å²) < 4.78 is 0. The number of hydrogen-bond donors (Lipinski definition) is 3. The number of nitrogen functional groups attached to an aromatic ring is 1. The molecule has 0 spiro atoms. The molecule has 1 aromatic heterocycles. The Morgan fingerprint density at radius 3 is 2.85 bits per heavy atom. The lowest BCUT2D eigenvalue weighted by Gasteiger charge is -2.23. The van der Waals surface area contributed by atoms with Gasteiger partial charge in [-0.3, -0.25) is 0 Å². The van der Waals surface area contributed by atoms with Gasteiger partial charge < -0.3 is 16.2 Å². The zero-order valence-corrected chi connectivity index (χ0v) is 7.78. The van der Waals surface area contributed by atoms with E-state index in [-0.39, 0.29) is 12.6 Å². The van der Waals surface area contributed by atoms with Crippen LogP contribution in [0.25, 0.3) is 0 Å². The monoisotopic (exact) mass is 182 g/mol. The molecule has 0 aliphatic heterocycles. The number of aliphatic hydroxyl groups is 1. The van der Waals surface area contributed by atoms with Crippen LogP contribution in [0.3, 0.4) is 0 Å². The minimum absolute atomic E-state index is 0.0247. The molecule has 0 aromatic carbocycles. The van der Waals surface area contributed by atoms with E-state index in [0.717, 1.165) is 0 Å². The van der Waals surface area contributed by atoms with E-state index in [1.54, 1.807) is 12.3 Å². The summed E-state index contributed by atoms with van der Waals surface area (Å²) in [7, 11) is 0. The smallest absolute Gasteiger partial charge is 0.221 e. The Hall–Kier alpha value is -1.36. The van der Waals surface area contributed by atoms with E-state index in [0.29, 0.717) is 5.82 Å². The number of nitrogens with zero attached hydrogens (tertiary/aromatic N) is 2. The predicted octanol–water partition coefficient (Wildman–Crippen LogP) is 0.242. The lowest BCUT2D eigenvalue weighted by molar-refractivity contribution is 0.234. The molecule has 72 valence electrons. The van der Waals surface area contributed by atoms with Crippen molar-refractivity contribution in [3.8, 4) is 0 Å². The molecular formula is C8H14N4O. The van der Waals surface area contributed by atoms with Crippen LogP contribution >= 0.6 is 0 Å². The summed E-state index contributed by atoms with van der Waals surface area (Å²) in [4.78, 5) is 7.71. The Labute approximate surface area is 77.0 Å². The van der Waals surface area contributed by atoms with Crippen LogP contribution in [0.2, 0.25) is 0 Å². The summed E-state index contributed by atoms with van der Waals surface area (Å²) in [6.07, 6.45) is 1.57. The quantitative estimate of drug-likeness (QED) is 0.623. The number of nitrogens with one attached hydrogen (secondary N) is 1. The van der Waals surface area contributed by atoms with E-state index in [1.807, 2.05) is 13.8 Å². The van der Waals surface area contributed by atoms with Gasteiger partial charge in [-0.2, -0.15) is 4.98 Å². The molecule has 0 atom stereocenters. The van der Waals surface area contributed by atoms with Gasteiger partial charge in [0.15, 0.2) is 0 Å². The molecule has 0 aliphatic carbocycles. The number of aromatic nitrogens is 2. The highest BCUT2D eigenvalue weighted by Crippen LogP contribution is 2.11. The van der Waals surface area contributed by atoms with Crippen molar-refractivity contribution >= 4 is 11.8 Å². The van der Waals surface area contributed by atoms with Crippen LogP contribution in [-0.4, -0.2) is 27.2 Å². The van der Waals surface area contributed by atoms with Gasteiger partial charge in [-0.1, -0.05) is 0 Å². The molecule has 0 unspecified atom stereocenters. The zero-order chi connectivity index (χ0) is 9.90. The normalized spacial score (nSPS) is 11.3. The third-order valence-electron chi connectivity index (χ3n) is 1.54. The molecule has 0 saturated heterocycles. The molecule has 0 fully saturated rings. The Morgan fingerprint density at radius 1 is 1.62 bits per heavy atom. The molecular weight excluding hydrogens is 168 g/mol. The fraction of sp³-hybridized carbons (Fsp3) is 0.500. The average Bonchev–Trinajstić information content (AvgIpc) is 2.03. The van der Waals surface area contributed by atoms with Crippen LogP contribution in [0.15, 0.2) is 12.3 Å². The van der Waals surface area contributed by atoms with Crippen LogP contribution in [0, 0.1) is 0 Å². The third kappa shape index (κ3) is 2.87. The first kappa shape index (κ1) is 9.73. The number of aliphatic hydroxyl groups excluding tert-OH is 1. The highest BCUT2D eigenvalue weighted by atomic mass is 16.3. The van der Waals surface area contributed by atoms with Gasteiger partial charge in [0.25, 0.3) is 0 Å². The number of rotatable bonds is 3. The van der Waals surface area contributed by atoms with Crippen LogP contribution in [0.1, 0.15) is 13.8 Å². The van der Waals surface area contributed by atoms with Crippen molar-refractivity contribution < 1.29 is 5.11 Å². The van der Waals surface area contributed by atoms with Gasteiger partial charge >= 0.3 is 0 Å². The van der Waals surface area contributed by atoms with E-state index in [4.69, 9.17) is 10.8 Å². The maximum Gasteiger partial charge on any atom is 0.221 e. The van der Waals surface area contributed by atoms with Gasteiger partial charge in [0.1, 0.15) is 5.82 Å². The summed E-state index contributed by atoms with van der Waals surface area (Å²) in [5, 5.41) is 12.0. The first-order valence-corrected chi connectivity index (χ1v) is 4.01. The molecule has 5 heteroatoms. The SMILES string of the molecule is CC(C)(CO)Nc1ccnc(N)n1. The second-order valence-electron chi connectivity index (χ2n) is 3.47. The van der Waals surface area contributed by atoms with Gasteiger partial charge in [0.05, 0.1) is 12.1 Å². The Kier molecular flexibility index (Phi) is 2.67. The van der Waals surface area contributed by atoms with Crippen molar-refractivity contribution in [2.75, 3.05) is 17.7 Å². The standard InChI is InChI=1S/C8H14N4O/c1-8(2,5-13)12-6-3-4-10-7(9)11-6/h3-4,13H,5H2,1-2H3,(H3,9,10,11,12). The van der Waals surface area contributed by atoms with E-state index in [2.05, 4.69) is 15.3 Å². The maximum absolute atomic E-state index is 8.99. The molecule has 5 nitrogen and oxygen atoms in total. The third-order valence-corrected chi connectivity index (χ3v) is 1.54. The molecule has 1 aromatic rings. The average molecular weight is 182 g/mol. The Balaban J connectivity index is 2.74. The van der Waals surface area contributed by atoms with Crippen molar-refractivity contribution in [2.45, 2.75) is 19.4 Å². The number of hydrogen-bond acceptors (Lipinski definition) is 5. The van der Waals surface area contributed by atoms with Crippen molar-refractivity contribution in [2.24, 2.45) is 0 Å². The topological polar surface area (TPSA) is 84.1 Å². The van der Waals surface area contributed by atoms with E-state index in [1.165, 1.54) is 0 Å². The molecule has 0 aliphatic rings. The second-order valence-corrected chi connectivity index (χ2v) is 3.47. The van der Waals surface area contributed by atoms with E-state index < -0.39 is 5.54 Å². The second kappa shape index (κ2) is 3.57. The van der Waals surface area contributed by atoms with Gasteiger partial charge in [0, 0.05) is 6.20 Å². The summed E-state index contributed by atoms with van der Waals surface area (Å²) in [6.45, 7) is 3.76. The Morgan fingerprint density at radius 2 is 2.31 bits per heavy atom. The van der Waals surface area contributed by atoms with Crippen molar-refractivity contribution in [3.05, 3.63) is 12.3 Å². The van der Waals surface area contributed by atoms with Crippen molar-refractivity contribution in [1.82, 2.24) is 9.97 Å². The highest BCUT2D eigenvalue weighted by molar-refractivity contribution is 5.39. The van der Waals surface area contributed by atoms with Gasteiger partial charge in [-0.15, -0.1) is 0 Å². The van der Waals surface area contributed by atoms with Crippen LogP contribution in [0.4, 0.5) is 11.8 Å². The van der Waals surface area contributed by atoms with E-state index in [9.17, 15) is 0 Å². The van der Waals surface area contributed by atoms with Gasteiger partial charge in [0.2, 0.25) is 5.95 Å². The van der Waals surface area contributed by atoms with Crippen LogP contribution in [-0.2, 0) is 0 Å². The summed E-state index contributed by atoms with van der Waals surface area (Å²) >= 11 is 0. The molecule has 1 heterocycles. The molecule has 0 bridgehead atoms. The first-order valence-electron chi connectivity index (χ1n) is 4.01. The molecule has 0 amide bonds. The Bertz CT molecular complexity index is 287. The number of anilines is 2. The lowest BCUT2D eigenvalue weighted by Crippen LogP contribution is -2.35. The first-order chi connectivity index (χ1) is 6.03. The number of nitrogens with two attached hydrogens (primary N) is 1. The minimum Gasteiger partial charge on any atom is -0.394 e. The zero-order valence-electron chi connectivity index (χ0n) is 7.78. The maximum atomic E-state index is 8.99. The predicted molar refractivity (Wildman–Crippen MR) is 51.2 cm³/mol. The summed E-state index contributed by atoms with van der Waals surface area (Å²) in [5.74, 6) is 0.838. The van der Waals surface area contributed by atoms with Crippen LogP contribution < -0.4 is 11.1 Å². The largest absolute Gasteiger partial charge is 0.394 e. The van der Waals surface area contributed by atoms with Crippen molar-refractivity contribution in [3.63, 3.8) is 0 Å². The van der Waals surface area contributed by atoms with Crippen molar-refractivity contribution in [1.29, 1.82) is 0 Å². The molecule has 1 rings (SSSR count). The lowest BCUT2D eigenvalue weighted by atomic mass is 10.1. The van der Waals surface area contributed by atoms with E-state index >= 15 is 0 Å². The summed E-state index contributed by atoms with van der Waals surface area (Å²) in [5.41, 5.74) is 4.99. The molecule has 0 radical (unpaired) electrons. The molecule has 0 saturated carbocycles. The fourth-order valence-electron chi connectivity index (χ4n) is 0.830. The molecule has 13 heavy (non-hydrogen) atoms. The summed E-state index contributed by atoms with van der Waals surface area (Å²) in [6, 6.07) is 1.70. The van der Waals surface area contributed by atoms with Crippen LogP contribution in [0.5, 0.6) is 0 Å². The van der Waals surface area contributed by atoms with Gasteiger partial charge in [-0.05, 0) is 19.9 Å². The van der Waals surface area contributed by atoms with Gasteiger partial charge in [-0.25, -0.2) is 4.98 Å². The molecule has 4 N–H and O–H groups in total. The minimum atomic E-state index is -0.402. The fourth-order valence-corrected chi connectivity index (χ4v) is 0.830.